The maximum atomic E-state index is 11.4. The number of amidine groups is 1. The Hall–Kier alpha value is -2.08. The molecule has 1 aliphatic heterocycles. The normalized spacial score (nSPS) is 21.9. The van der Waals surface area contributed by atoms with Gasteiger partial charge < -0.3 is 20.5 Å². The van der Waals surface area contributed by atoms with Crippen molar-refractivity contribution in [1.82, 2.24) is 5.32 Å². The lowest BCUT2D eigenvalue weighted by molar-refractivity contribution is -0.142. The molecule has 102 valence electrons. The second-order valence-corrected chi connectivity index (χ2v) is 4.40. The summed E-state index contributed by atoms with van der Waals surface area (Å²) < 4.78 is 10.5. The molecule has 2 unspecified atom stereocenters. The lowest BCUT2D eigenvalue weighted by Crippen LogP contribution is -2.31. The predicted molar refractivity (Wildman–Crippen MR) is 70.3 cm³/mol. The largest absolute Gasteiger partial charge is 0.489 e. The average Bonchev–Trinajstić information content (AvgIpc) is 2.86. The first-order chi connectivity index (χ1) is 9.10. The van der Waals surface area contributed by atoms with Crippen molar-refractivity contribution in [2.24, 2.45) is 5.73 Å². The molecule has 0 bridgehead atoms. The Morgan fingerprint density at radius 1 is 1.53 bits per heavy atom. The van der Waals surface area contributed by atoms with Gasteiger partial charge in [0.15, 0.2) is 0 Å². The van der Waals surface area contributed by atoms with Gasteiger partial charge >= 0.3 is 5.97 Å². The van der Waals surface area contributed by atoms with Crippen molar-refractivity contribution in [3.05, 3.63) is 29.8 Å². The van der Waals surface area contributed by atoms with E-state index in [1.54, 1.807) is 24.3 Å². The quantitative estimate of drug-likeness (QED) is 0.411. The highest BCUT2D eigenvalue weighted by molar-refractivity contribution is 5.95. The van der Waals surface area contributed by atoms with Gasteiger partial charge in [-0.2, -0.15) is 0 Å². The van der Waals surface area contributed by atoms with E-state index in [9.17, 15) is 4.79 Å². The Morgan fingerprint density at radius 3 is 3.00 bits per heavy atom. The molecule has 6 nitrogen and oxygen atoms in total. The van der Waals surface area contributed by atoms with Gasteiger partial charge in [0.05, 0.1) is 7.11 Å². The zero-order chi connectivity index (χ0) is 13.8. The zero-order valence-electron chi connectivity index (χ0n) is 10.7. The molecule has 1 aromatic rings. The molecule has 2 rings (SSSR count). The van der Waals surface area contributed by atoms with E-state index in [1.807, 2.05) is 0 Å². The van der Waals surface area contributed by atoms with E-state index in [0.29, 0.717) is 24.3 Å². The number of nitrogen functional groups attached to an aromatic ring is 1. The summed E-state index contributed by atoms with van der Waals surface area (Å²) in [5.41, 5.74) is 6.04. The molecule has 0 saturated carbocycles. The standard InChI is InChI=1S/C13H17N3O3/c1-18-13(17)11-6-10(7-16-11)19-9-4-2-3-8(5-9)12(14)15/h2-5,10-11,16H,6-7H2,1H3,(H3,14,15). The van der Waals surface area contributed by atoms with Crippen molar-refractivity contribution in [2.75, 3.05) is 13.7 Å². The molecule has 1 aliphatic rings. The minimum absolute atomic E-state index is 0.00225. The van der Waals surface area contributed by atoms with Gasteiger partial charge in [0.2, 0.25) is 0 Å². The first kappa shape index (κ1) is 13.4. The van der Waals surface area contributed by atoms with Gasteiger partial charge in [0, 0.05) is 18.5 Å². The van der Waals surface area contributed by atoms with Crippen molar-refractivity contribution in [3.8, 4) is 5.75 Å². The molecular weight excluding hydrogens is 246 g/mol. The van der Waals surface area contributed by atoms with E-state index in [2.05, 4.69) is 10.1 Å². The molecular formula is C13H17N3O3. The Bertz CT molecular complexity index is 490. The van der Waals surface area contributed by atoms with Crippen LogP contribution in [0.1, 0.15) is 12.0 Å². The summed E-state index contributed by atoms with van der Waals surface area (Å²) in [6, 6.07) is 6.74. The van der Waals surface area contributed by atoms with Crippen LogP contribution in [0.25, 0.3) is 0 Å². The molecule has 0 aromatic heterocycles. The summed E-state index contributed by atoms with van der Waals surface area (Å²) in [4.78, 5) is 11.4. The fourth-order valence-electron chi connectivity index (χ4n) is 2.04. The van der Waals surface area contributed by atoms with Crippen molar-refractivity contribution in [1.29, 1.82) is 5.41 Å². The highest BCUT2D eigenvalue weighted by Gasteiger charge is 2.31. The summed E-state index contributed by atoms with van der Waals surface area (Å²) in [7, 11) is 1.37. The highest BCUT2D eigenvalue weighted by atomic mass is 16.5. The zero-order valence-corrected chi connectivity index (χ0v) is 10.7. The van der Waals surface area contributed by atoms with Gasteiger partial charge in [-0.15, -0.1) is 0 Å². The Morgan fingerprint density at radius 2 is 2.32 bits per heavy atom. The smallest absolute Gasteiger partial charge is 0.323 e. The van der Waals surface area contributed by atoms with Crippen LogP contribution in [-0.4, -0.2) is 37.6 Å². The molecule has 1 saturated heterocycles. The molecule has 19 heavy (non-hydrogen) atoms. The Kier molecular flexibility index (Phi) is 4.01. The molecule has 2 atom stereocenters. The first-order valence-corrected chi connectivity index (χ1v) is 6.02. The number of methoxy groups -OCH3 is 1. The third kappa shape index (κ3) is 3.23. The molecule has 1 heterocycles. The summed E-state index contributed by atoms with van der Waals surface area (Å²) in [5.74, 6) is 0.371. The van der Waals surface area contributed by atoms with Crippen LogP contribution in [0.3, 0.4) is 0 Å². The maximum Gasteiger partial charge on any atom is 0.323 e. The van der Waals surface area contributed by atoms with E-state index in [1.165, 1.54) is 7.11 Å². The number of hydrogen-bond donors (Lipinski definition) is 3. The minimum atomic E-state index is -0.314. The second kappa shape index (κ2) is 5.71. The van der Waals surface area contributed by atoms with Crippen LogP contribution in [0.2, 0.25) is 0 Å². The summed E-state index contributed by atoms with van der Waals surface area (Å²) in [6.07, 6.45) is 0.475. The van der Waals surface area contributed by atoms with Crippen LogP contribution in [0.5, 0.6) is 5.75 Å². The maximum absolute atomic E-state index is 11.4. The molecule has 0 radical (unpaired) electrons. The van der Waals surface area contributed by atoms with E-state index < -0.39 is 0 Å². The SMILES string of the molecule is COC(=O)C1CC(Oc2cccc(C(=N)N)c2)CN1. The number of ether oxygens (including phenoxy) is 2. The van der Waals surface area contributed by atoms with Crippen LogP contribution in [-0.2, 0) is 9.53 Å². The Labute approximate surface area is 111 Å². The van der Waals surface area contributed by atoms with E-state index >= 15 is 0 Å². The molecule has 0 aliphatic carbocycles. The monoisotopic (exact) mass is 263 g/mol. The van der Waals surface area contributed by atoms with Crippen molar-refractivity contribution >= 4 is 11.8 Å². The van der Waals surface area contributed by atoms with E-state index in [-0.39, 0.29) is 24.0 Å². The van der Waals surface area contributed by atoms with Crippen molar-refractivity contribution in [3.63, 3.8) is 0 Å². The van der Waals surface area contributed by atoms with Crippen molar-refractivity contribution < 1.29 is 14.3 Å². The van der Waals surface area contributed by atoms with Gasteiger partial charge in [-0.05, 0) is 12.1 Å². The summed E-state index contributed by atoms with van der Waals surface area (Å²) in [6.45, 7) is 0.587. The van der Waals surface area contributed by atoms with Gasteiger partial charge in [-0.3, -0.25) is 10.2 Å². The highest BCUT2D eigenvalue weighted by Crippen LogP contribution is 2.19. The molecule has 0 spiro atoms. The predicted octanol–water partition coefficient (Wildman–Crippen LogP) is 0.253. The van der Waals surface area contributed by atoms with Crippen LogP contribution in [0.15, 0.2) is 24.3 Å². The molecule has 4 N–H and O–H groups in total. The van der Waals surface area contributed by atoms with Gasteiger partial charge in [-0.25, -0.2) is 0 Å². The number of esters is 1. The van der Waals surface area contributed by atoms with E-state index in [4.69, 9.17) is 15.9 Å². The molecule has 1 fully saturated rings. The van der Waals surface area contributed by atoms with Crippen LogP contribution < -0.4 is 15.8 Å². The Balaban J connectivity index is 1.97. The topological polar surface area (TPSA) is 97.4 Å². The van der Waals surface area contributed by atoms with Gasteiger partial charge in [-0.1, -0.05) is 12.1 Å². The first-order valence-electron chi connectivity index (χ1n) is 6.02. The van der Waals surface area contributed by atoms with Crippen LogP contribution in [0.4, 0.5) is 0 Å². The number of carbonyl (C=O) groups excluding carboxylic acids is 1. The number of carbonyl (C=O) groups is 1. The third-order valence-corrected chi connectivity index (χ3v) is 3.02. The van der Waals surface area contributed by atoms with Crippen LogP contribution >= 0.6 is 0 Å². The fourth-order valence-corrected chi connectivity index (χ4v) is 2.04. The van der Waals surface area contributed by atoms with E-state index in [0.717, 1.165) is 0 Å². The van der Waals surface area contributed by atoms with Gasteiger partial charge in [0.1, 0.15) is 23.7 Å². The number of hydrogen-bond acceptors (Lipinski definition) is 5. The number of benzene rings is 1. The third-order valence-electron chi connectivity index (χ3n) is 3.02. The molecule has 0 amide bonds. The average molecular weight is 263 g/mol. The summed E-state index contributed by atoms with van der Waals surface area (Å²) >= 11 is 0. The number of rotatable bonds is 4. The summed E-state index contributed by atoms with van der Waals surface area (Å²) in [5, 5.41) is 10.4. The lowest BCUT2D eigenvalue weighted by atomic mass is 10.2. The molecule has 1 aromatic carbocycles. The number of nitrogens with one attached hydrogen (secondary N) is 2. The number of nitrogens with two attached hydrogens (primary N) is 1. The van der Waals surface area contributed by atoms with Gasteiger partial charge in [0.25, 0.3) is 0 Å². The lowest BCUT2D eigenvalue weighted by Gasteiger charge is -2.13. The van der Waals surface area contributed by atoms with Crippen LogP contribution in [0, 0.1) is 5.41 Å². The molecule has 6 heteroatoms. The van der Waals surface area contributed by atoms with Crippen molar-refractivity contribution in [2.45, 2.75) is 18.6 Å². The fraction of sp³-hybridized carbons (Fsp3) is 0.385. The second-order valence-electron chi connectivity index (χ2n) is 4.40. The minimum Gasteiger partial charge on any atom is -0.489 e.